The molecule has 0 radical (unpaired) electrons. The van der Waals surface area contributed by atoms with Crippen molar-refractivity contribution < 1.29 is 0 Å². The molecule has 82 valence electrons. The number of aromatic nitrogens is 1. The van der Waals surface area contributed by atoms with Crippen molar-refractivity contribution in [2.75, 3.05) is 0 Å². The number of rotatable bonds is 2. The van der Waals surface area contributed by atoms with E-state index in [1.807, 2.05) is 6.92 Å². The highest BCUT2D eigenvalue weighted by atomic mass is 14.7. The van der Waals surface area contributed by atoms with Gasteiger partial charge < -0.3 is 0 Å². The normalized spacial score (nSPS) is 11.4. The average molecular weight is 211 g/mol. The molecule has 16 heavy (non-hydrogen) atoms. The summed E-state index contributed by atoms with van der Waals surface area (Å²) in [6, 6.07) is 8.58. The van der Waals surface area contributed by atoms with Gasteiger partial charge in [-0.15, -0.1) is 0 Å². The maximum Gasteiger partial charge on any atom is 0.0708 e. The molecule has 1 aromatic carbocycles. The lowest BCUT2D eigenvalue weighted by Gasteiger charge is -2.04. The van der Waals surface area contributed by atoms with Crippen LogP contribution in [0, 0.1) is 13.8 Å². The van der Waals surface area contributed by atoms with Gasteiger partial charge in [-0.2, -0.15) is 0 Å². The molecule has 2 rings (SSSR count). The van der Waals surface area contributed by atoms with Gasteiger partial charge in [-0.05, 0) is 49.6 Å². The fourth-order valence-electron chi connectivity index (χ4n) is 1.82. The van der Waals surface area contributed by atoms with Crippen LogP contribution in [0.1, 0.15) is 30.2 Å². The standard InChI is InChI=1S/C15H17N/c1-4-5-6-13-10-14-8-7-12(3)16-15(14)9-11(13)2/h5-10H,4H2,1-3H3/b6-5-. The second kappa shape index (κ2) is 4.48. The fourth-order valence-corrected chi connectivity index (χ4v) is 1.82. The Kier molecular flexibility index (Phi) is 3.04. The van der Waals surface area contributed by atoms with Gasteiger partial charge in [0, 0.05) is 11.1 Å². The first kappa shape index (κ1) is 10.9. The number of aryl methyl sites for hydroxylation is 2. The predicted octanol–water partition coefficient (Wildman–Crippen LogP) is 4.27. The van der Waals surface area contributed by atoms with Crippen LogP contribution >= 0.6 is 0 Å². The van der Waals surface area contributed by atoms with Gasteiger partial charge >= 0.3 is 0 Å². The quantitative estimate of drug-likeness (QED) is 0.722. The van der Waals surface area contributed by atoms with Crippen LogP contribution in [-0.4, -0.2) is 4.98 Å². The summed E-state index contributed by atoms with van der Waals surface area (Å²) < 4.78 is 0. The van der Waals surface area contributed by atoms with Crippen molar-refractivity contribution in [2.24, 2.45) is 0 Å². The molecule has 0 spiro atoms. The lowest BCUT2D eigenvalue weighted by atomic mass is 10.0. The van der Waals surface area contributed by atoms with Crippen molar-refractivity contribution in [3.8, 4) is 0 Å². The summed E-state index contributed by atoms with van der Waals surface area (Å²) in [5, 5.41) is 1.21. The molecule has 0 amide bonds. The molecule has 0 aliphatic rings. The summed E-state index contributed by atoms with van der Waals surface area (Å²) in [5.74, 6) is 0. The summed E-state index contributed by atoms with van der Waals surface area (Å²) in [6.45, 7) is 6.32. The topological polar surface area (TPSA) is 12.9 Å². The van der Waals surface area contributed by atoms with Crippen molar-refractivity contribution in [1.29, 1.82) is 0 Å². The largest absolute Gasteiger partial charge is 0.253 e. The summed E-state index contributed by atoms with van der Waals surface area (Å²) in [4.78, 5) is 4.53. The van der Waals surface area contributed by atoms with Gasteiger partial charge in [0.2, 0.25) is 0 Å². The molecule has 0 fully saturated rings. The first-order valence-corrected chi connectivity index (χ1v) is 5.75. The minimum Gasteiger partial charge on any atom is -0.253 e. The maximum atomic E-state index is 4.53. The highest BCUT2D eigenvalue weighted by molar-refractivity contribution is 5.82. The lowest BCUT2D eigenvalue weighted by Crippen LogP contribution is -1.87. The third kappa shape index (κ3) is 2.13. The average Bonchev–Trinajstić information content (AvgIpc) is 2.26. The molecule has 1 aromatic heterocycles. The molecule has 0 bridgehead atoms. The Morgan fingerprint density at radius 1 is 1.19 bits per heavy atom. The van der Waals surface area contributed by atoms with Crippen molar-refractivity contribution in [1.82, 2.24) is 4.98 Å². The van der Waals surface area contributed by atoms with Gasteiger partial charge in [-0.3, -0.25) is 4.98 Å². The summed E-state index contributed by atoms with van der Waals surface area (Å²) >= 11 is 0. The van der Waals surface area contributed by atoms with E-state index in [2.05, 4.69) is 55.2 Å². The van der Waals surface area contributed by atoms with Crippen molar-refractivity contribution in [3.05, 3.63) is 47.2 Å². The summed E-state index contributed by atoms with van der Waals surface area (Å²) in [7, 11) is 0. The number of benzene rings is 1. The number of fused-ring (bicyclic) bond motifs is 1. The second-order valence-corrected chi connectivity index (χ2v) is 4.16. The minimum absolute atomic E-state index is 1.07. The van der Waals surface area contributed by atoms with Crippen LogP contribution in [0.3, 0.4) is 0 Å². The maximum absolute atomic E-state index is 4.53. The van der Waals surface area contributed by atoms with Gasteiger partial charge in [0.15, 0.2) is 0 Å². The van der Waals surface area contributed by atoms with Crippen molar-refractivity contribution >= 4 is 17.0 Å². The molecule has 0 atom stereocenters. The Balaban J connectivity index is 2.58. The Morgan fingerprint density at radius 3 is 2.75 bits per heavy atom. The van der Waals surface area contributed by atoms with Crippen LogP contribution in [0.2, 0.25) is 0 Å². The molecule has 1 nitrogen and oxygen atoms in total. The summed E-state index contributed by atoms with van der Waals surface area (Å²) in [6.07, 6.45) is 5.45. The first-order valence-electron chi connectivity index (χ1n) is 5.75. The Hall–Kier alpha value is -1.63. The number of nitrogens with zero attached hydrogens (tertiary/aromatic N) is 1. The smallest absolute Gasteiger partial charge is 0.0708 e. The SMILES string of the molecule is CC/C=C\c1cc2ccc(C)nc2cc1C. The zero-order valence-electron chi connectivity index (χ0n) is 10.1. The van der Waals surface area contributed by atoms with Crippen LogP contribution in [-0.2, 0) is 0 Å². The molecular formula is C15H17N. The zero-order valence-corrected chi connectivity index (χ0v) is 10.1. The van der Waals surface area contributed by atoms with Crippen LogP contribution < -0.4 is 0 Å². The van der Waals surface area contributed by atoms with Crippen LogP contribution in [0.25, 0.3) is 17.0 Å². The molecule has 0 aliphatic carbocycles. The van der Waals surface area contributed by atoms with E-state index in [4.69, 9.17) is 0 Å². The third-order valence-corrected chi connectivity index (χ3v) is 2.75. The van der Waals surface area contributed by atoms with E-state index in [1.54, 1.807) is 0 Å². The molecule has 0 saturated carbocycles. The second-order valence-electron chi connectivity index (χ2n) is 4.16. The zero-order chi connectivity index (χ0) is 11.5. The van der Waals surface area contributed by atoms with Crippen LogP contribution in [0.4, 0.5) is 0 Å². The molecular weight excluding hydrogens is 194 g/mol. The highest BCUT2D eigenvalue weighted by Crippen LogP contribution is 2.19. The van der Waals surface area contributed by atoms with E-state index in [9.17, 15) is 0 Å². The molecule has 1 heterocycles. The Labute approximate surface area is 96.8 Å². The number of hydrogen-bond donors (Lipinski definition) is 0. The Bertz CT molecular complexity index is 538. The number of hydrogen-bond acceptors (Lipinski definition) is 1. The van der Waals surface area contributed by atoms with Crippen LogP contribution in [0.15, 0.2) is 30.3 Å². The van der Waals surface area contributed by atoms with E-state index in [0.29, 0.717) is 0 Å². The predicted molar refractivity (Wildman–Crippen MR) is 70.5 cm³/mol. The van der Waals surface area contributed by atoms with E-state index >= 15 is 0 Å². The van der Waals surface area contributed by atoms with Gasteiger partial charge in [0.25, 0.3) is 0 Å². The van der Waals surface area contributed by atoms with Gasteiger partial charge in [-0.1, -0.05) is 25.1 Å². The molecule has 0 aliphatic heterocycles. The molecule has 0 N–H and O–H groups in total. The third-order valence-electron chi connectivity index (χ3n) is 2.75. The number of pyridine rings is 1. The van der Waals surface area contributed by atoms with Crippen molar-refractivity contribution in [3.63, 3.8) is 0 Å². The highest BCUT2D eigenvalue weighted by Gasteiger charge is 2.00. The summed E-state index contributed by atoms with van der Waals surface area (Å²) in [5.41, 5.74) is 4.74. The first-order chi connectivity index (χ1) is 7.70. The van der Waals surface area contributed by atoms with Crippen molar-refractivity contribution in [2.45, 2.75) is 27.2 Å². The molecule has 0 saturated heterocycles. The van der Waals surface area contributed by atoms with Gasteiger partial charge in [0.1, 0.15) is 0 Å². The lowest BCUT2D eigenvalue weighted by molar-refractivity contribution is 1.23. The van der Waals surface area contributed by atoms with E-state index < -0.39 is 0 Å². The monoisotopic (exact) mass is 211 g/mol. The van der Waals surface area contributed by atoms with E-state index in [-0.39, 0.29) is 0 Å². The fraction of sp³-hybridized carbons (Fsp3) is 0.267. The van der Waals surface area contributed by atoms with Gasteiger partial charge in [0.05, 0.1) is 5.52 Å². The molecule has 2 aromatic rings. The Morgan fingerprint density at radius 2 is 2.00 bits per heavy atom. The van der Waals surface area contributed by atoms with E-state index in [1.165, 1.54) is 16.5 Å². The van der Waals surface area contributed by atoms with Crippen LogP contribution in [0.5, 0.6) is 0 Å². The molecule has 0 unspecified atom stereocenters. The number of allylic oxidation sites excluding steroid dienone is 1. The van der Waals surface area contributed by atoms with E-state index in [0.717, 1.165) is 17.6 Å². The minimum atomic E-state index is 1.07. The molecule has 1 heteroatoms. The van der Waals surface area contributed by atoms with Gasteiger partial charge in [-0.25, -0.2) is 0 Å².